The summed E-state index contributed by atoms with van der Waals surface area (Å²) in [6.07, 6.45) is 0. The number of aromatic hydroxyl groups is 1. The van der Waals surface area contributed by atoms with Crippen LogP contribution in [0.25, 0.3) is 0 Å². The molecule has 0 aliphatic carbocycles. The van der Waals surface area contributed by atoms with E-state index in [9.17, 15) is 9.50 Å². The van der Waals surface area contributed by atoms with Crippen molar-refractivity contribution in [2.75, 3.05) is 26.2 Å². The van der Waals surface area contributed by atoms with Gasteiger partial charge < -0.3 is 10.4 Å². The van der Waals surface area contributed by atoms with Crippen LogP contribution in [0.2, 0.25) is 5.02 Å². The lowest BCUT2D eigenvalue weighted by molar-refractivity contribution is 0.0838. The molecule has 0 saturated carbocycles. The van der Waals surface area contributed by atoms with Crippen molar-refractivity contribution in [3.05, 3.63) is 28.5 Å². The van der Waals surface area contributed by atoms with Crippen molar-refractivity contribution < 1.29 is 9.50 Å². The molecule has 0 spiro atoms. The zero-order chi connectivity index (χ0) is 14.9. The Morgan fingerprint density at radius 1 is 1.23 bits per heavy atom. The predicted octanol–water partition coefficient (Wildman–Crippen LogP) is 4.02. The molecule has 1 aliphatic heterocycles. The number of hydrogen-bond acceptors (Lipinski definition) is 3. The van der Waals surface area contributed by atoms with Crippen molar-refractivity contribution in [3.63, 3.8) is 0 Å². The van der Waals surface area contributed by atoms with Gasteiger partial charge in [0.1, 0.15) is 0 Å². The fraction of sp³-hybridized carbons (Fsp3) is 0.600. The minimum Gasteiger partial charge on any atom is -0.505 e. The van der Waals surface area contributed by atoms with Gasteiger partial charge in [-0.15, -0.1) is 24.8 Å². The third-order valence-electron chi connectivity index (χ3n) is 3.69. The van der Waals surface area contributed by atoms with Crippen LogP contribution in [0.5, 0.6) is 5.75 Å². The van der Waals surface area contributed by atoms with Gasteiger partial charge in [-0.05, 0) is 17.5 Å². The van der Waals surface area contributed by atoms with Crippen molar-refractivity contribution >= 4 is 36.4 Å². The number of nitrogens with one attached hydrogen (secondary N) is 1. The lowest BCUT2D eigenvalue weighted by atomic mass is 9.80. The minimum atomic E-state index is -0.656. The molecule has 1 atom stereocenters. The SMILES string of the molecule is CC(C)(C)[C@@H](c1cc(Cl)cc(F)c1O)N1CCNCC1.Cl.Cl. The molecule has 1 aromatic carbocycles. The van der Waals surface area contributed by atoms with E-state index in [0.29, 0.717) is 10.6 Å². The Morgan fingerprint density at radius 2 is 1.77 bits per heavy atom. The lowest BCUT2D eigenvalue weighted by Crippen LogP contribution is -2.48. The van der Waals surface area contributed by atoms with Crippen LogP contribution >= 0.6 is 36.4 Å². The Bertz CT molecular complexity index is 488. The summed E-state index contributed by atoms with van der Waals surface area (Å²) < 4.78 is 13.8. The van der Waals surface area contributed by atoms with Gasteiger partial charge in [0.2, 0.25) is 0 Å². The average molecular weight is 374 g/mol. The summed E-state index contributed by atoms with van der Waals surface area (Å²) in [6, 6.07) is 2.76. The topological polar surface area (TPSA) is 35.5 Å². The fourth-order valence-corrected chi connectivity index (χ4v) is 3.16. The van der Waals surface area contributed by atoms with E-state index in [1.807, 2.05) is 0 Å². The maximum absolute atomic E-state index is 13.8. The molecule has 7 heteroatoms. The van der Waals surface area contributed by atoms with Gasteiger partial charge in [0.05, 0.1) is 0 Å². The first-order chi connectivity index (χ1) is 9.30. The molecular weight excluding hydrogens is 350 g/mol. The molecule has 0 amide bonds. The second-order valence-electron chi connectivity index (χ2n) is 6.38. The van der Waals surface area contributed by atoms with Gasteiger partial charge in [-0.1, -0.05) is 32.4 Å². The Kier molecular flexibility index (Phi) is 8.45. The molecule has 0 bridgehead atoms. The van der Waals surface area contributed by atoms with Crippen LogP contribution in [0.15, 0.2) is 12.1 Å². The normalized spacial score (nSPS) is 17.3. The zero-order valence-electron chi connectivity index (χ0n) is 13.0. The maximum atomic E-state index is 13.8. The molecule has 1 saturated heterocycles. The summed E-state index contributed by atoms with van der Waals surface area (Å²) in [7, 11) is 0. The first-order valence-corrected chi connectivity index (χ1v) is 7.31. The first kappa shape index (κ1) is 21.7. The van der Waals surface area contributed by atoms with E-state index >= 15 is 0 Å². The summed E-state index contributed by atoms with van der Waals surface area (Å²) in [5.74, 6) is -0.940. The van der Waals surface area contributed by atoms with Crippen LogP contribution in [-0.2, 0) is 0 Å². The van der Waals surface area contributed by atoms with Gasteiger partial charge in [0.15, 0.2) is 11.6 Å². The predicted molar refractivity (Wildman–Crippen MR) is 94.2 cm³/mol. The Balaban J connectivity index is 0.00000220. The second-order valence-corrected chi connectivity index (χ2v) is 6.82. The Morgan fingerprint density at radius 3 is 2.27 bits per heavy atom. The van der Waals surface area contributed by atoms with E-state index in [1.54, 1.807) is 6.07 Å². The van der Waals surface area contributed by atoms with Gasteiger partial charge in [-0.25, -0.2) is 4.39 Å². The van der Waals surface area contributed by atoms with Gasteiger partial charge in [-0.3, -0.25) is 4.90 Å². The highest BCUT2D eigenvalue weighted by Crippen LogP contribution is 2.43. The Labute approximate surface area is 149 Å². The monoisotopic (exact) mass is 372 g/mol. The second kappa shape index (κ2) is 8.55. The molecule has 2 N–H and O–H groups in total. The van der Waals surface area contributed by atoms with Gasteiger partial charge in [0, 0.05) is 42.8 Å². The number of halogens is 4. The molecule has 128 valence electrons. The van der Waals surface area contributed by atoms with Crippen LogP contribution in [-0.4, -0.2) is 36.2 Å². The number of nitrogens with zero attached hydrogens (tertiary/aromatic N) is 1. The van der Waals surface area contributed by atoms with E-state index in [0.717, 1.165) is 32.2 Å². The molecule has 2 rings (SSSR count). The molecule has 1 fully saturated rings. The Hall–Kier alpha value is -0.260. The molecule has 22 heavy (non-hydrogen) atoms. The van der Waals surface area contributed by atoms with Gasteiger partial charge in [-0.2, -0.15) is 0 Å². The number of rotatable bonds is 2. The molecule has 1 aromatic rings. The highest BCUT2D eigenvalue weighted by molar-refractivity contribution is 6.30. The largest absolute Gasteiger partial charge is 0.505 e. The molecule has 0 unspecified atom stereocenters. The third kappa shape index (κ3) is 4.87. The summed E-state index contributed by atoms with van der Waals surface area (Å²) in [5, 5.41) is 13.7. The van der Waals surface area contributed by atoms with E-state index in [1.165, 1.54) is 0 Å². The molecular formula is C15H24Cl3FN2O. The van der Waals surface area contributed by atoms with Crippen LogP contribution in [0.1, 0.15) is 32.4 Å². The fourth-order valence-electron chi connectivity index (χ4n) is 2.95. The third-order valence-corrected chi connectivity index (χ3v) is 3.91. The van der Waals surface area contributed by atoms with Crippen LogP contribution in [0, 0.1) is 11.2 Å². The van der Waals surface area contributed by atoms with Crippen LogP contribution < -0.4 is 5.32 Å². The zero-order valence-corrected chi connectivity index (χ0v) is 15.4. The number of benzene rings is 1. The number of piperazine rings is 1. The quantitative estimate of drug-likeness (QED) is 0.822. The standard InChI is InChI=1S/C15H22ClFN2O.2ClH/c1-15(2,3)14(19-6-4-18-5-7-19)11-8-10(16)9-12(17)13(11)20;;/h8-9,14,18,20H,4-7H2,1-3H3;2*1H/t14-;;/m1../s1. The highest BCUT2D eigenvalue weighted by Gasteiger charge is 2.35. The van der Waals surface area contributed by atoms with Crippen LogP contribution in [0.4, 0.5) is 4.39 Å². The molecule has 3 nitrogen and oxygen atoms in total. The van der Waals surface area contributed by atoms with E-state index in [2.05, 4.69) is 31.0 Å². The lowest BCUT2D eigenvalue weighted by Gasteiger charge is -2.42. The number of phenols is 1. The number of phenolic OH excluding ortho intramolecular Hbond substituents is 1. The average Bonchev–Trinajstić information content (AvgIpc) is 2.35. The van der Waals surface area contributed by atoms with Crippen LogP contribution in [0.3, 0.4) is 0 Å². The van der Waals surface area contributed by atoms with Gasteiger partial charge >= 0.3 is 0 Å². The molecule has 0 aromatic heterocycles. The molecule has 1 aliphatic rings. The summed E-state index contributed by atoms with van der Waals surface area (Å²) in [5.41, 5.74) is 0.441. The highest BCUT2D eigenvalue weighted by atomic mass is 35.5. The van der Waals surface area contributed by atoms with Crippen molar-refractivity contribution in [3.8, 4) is 5.75 Å². The minimum absolute atomic E-state index is 0. The molecule has 0 radical (unpaired) electrons. The van der Waals surface area contributed by atoms with E-state index in [-0.39, 0.29) is 42.0 Å². The van der Waals surface area contributed by atoms with Crippen molar-refractivity contribution in [1.82, 2.24) is 10.2 Å². The molecule has 1 heterocycles. The first-order valence-electron chi connectivity index (χ1n) is 6.93. The van der Waals surface area contributed by atoms with Crippen molar-refractivity contribution in [1.29, 1.82) is 0 Å². The smallest absolute Gasteiger partial charge is 0.166 e. The van der Waals surface area contributed by atoms with E-state index < -0.39 is 5.82 Å². The van der Waals surface area contributed by atoms with Crippen molar-refractivity contribution in [2.24, 2.45) is 5.41 Å². The number of hydrogen-bond donors (Lipinski definition) is 2. The van der Waals surface area contributed by atoms with Gasteiger partial charge in [0.25, 0.3) is 0 Å². The van der Waals surface area contributed by atoms with Crippen molar-refractivity contribution in [2.45, 2.75) is 26.8 Å². The summed E-state index contributed by atoms with van der Waals surface area (Å²) in [4.78, 5) is 2.28. The summed E-state index contributed by atoms with van der Waals surface area (Å²) >= 11 is 5.97. The summed E-state index contributed by atoms with van der Waals surface area (Å²) in [6.45, 7) is 9.83. The maximum Gasteiger partial charge on any atom is 0.166 e. The van der Waals surface area contributed by atoms with E-state index in [4.69, 9.17) is 11.6 Å².